The highest BCUT2D eigenvalue weighted by molar-refractivity contribution is 8.00. The van der Waals surface area contributed by atoms with Crippen LogP contribution in [0.5, 0.6) is 0 Å². The fourth-order valence-electron chi connectivity index (χ4n) is 2.67. The van der Waals surface area contributed by atoms with Crippen LogP contribution in [0, 0.1) is 5.92 Å². The minimum absolute atomic E-state index is 0.342. The van der Waals surface area contributed by atoms with E-state index < -0.39 is 0 Å². The molecule has 1 aromatic carbocycles. The van der Waals surface area contributed by atoms with Crippen molar-refractivity contribution in [2.75, 3.05) is 0 Å². The van der Waals surface area contributed by atoms with Crippen molar-refractivity contribution in [1.29, 1.82) is 0 Å². The monoisotopic (exact) mass is 249 g/mol. The third-order valence-corrected chi connectivity index (χ3v) is 5.08. The maximum absolute atomic E-state index is 6.37. The van der Waals surface area contributed by atoms with E-state index >= 15 is 0 Å². The number of thioether (sulfide) groups is 1. The minimum atomic E-state index is 0.342. The van der Waals surface area contributed by atoms with E-state index in [1.54, 1.807) is 0 Å². The fraction of sp³-hybridized carbons (Fsp3) is 0.600. The Labute approximate surface area is 109 Å². The summed E-state index contributed by atoms with van der Waals surface area (Å²) in [4.78, 5) is 1.44. The zero-order chi connectivity index (χ0) is 12.3. The van der Waals surface area contributed by atoms with Crippen LogP contribution in [0.1, 0.15) is 38.7 Å². The lowest BCUT2D eigenvalue weighted by Crippen LogP contribution is -2.33. The van der Waals surface area contributed by atoms with Gasteiger partial charge in [-0.15, -0.1) is 11.8 Å². The van der Waals surface area contributed by atoms with Crippen molar-refractivity contribution < 1.29 is 0 Å². The number of fused-ring (bicyclic) bond motifs is 1. The average Bonchev–Trinajstić information content (AvgIpc) is 2.72. The van der Waals surface area contributed by atoms with Crippen LogP contribution >= 0.6 is 11.8 Å². The van der Waals surface area contributed by atoms with E-state index in [1.165, 1.54) is 29.7 Å². The minimum Gasteiger partial charge on any atom is -0.327 e. The van der Waals surface area contributed by atoms with E-state index in [4.69, 9.17) is 5.73 Å². The maximum Gasteiger partial charge on any atom is 0.0287 e. The molecular weight excluding hydrogens is 226 g/mol. The Hall–Kier alpha value is -0.470. The van der Waals surface area contributed by atoms with Crippen LogP contribution in [-0.2, 0) is 6.42 Å². The first-order valence-corrected chi connectivity index (χ1v) is 7.58. The summed E-state index contributed by atoms with van der Waals surface area (Å²) < 4.78 is 0. The average molecular weight is 249 g/mol. The van der Waals surface area contributed by atoms with E-state index in [-0.39, 0.29) is 0 Å². The number of nitrogens with two attached hydrogens (primary N) is 1. The number of hydrogen-bond donors (Lipinski definition) is 1. The molecule has 1 nitrogen and oxygen atoms in total. The van der Waals surface area contributed by atoms with Crippen molar-refractivity contribution in [3.63, 3.8) is 0 Å². The second-order valence-corrected chi connectivity index (χ2v) is 6.54. The first kappa shape index (κ1) is 13.0. The molecule has 2 rings (SSSR count). The van der Waals surface area contributed by atoms with Gasteiger partial charge in [0.25, 0.3) is 0 Å². The van der Waals surface area contributed by atoms with Crippen molar-refractivity contribution in [3.8, 4) is 0 Å². The molecule has 94 valence electrons. The quantitative estimate of drug-likeness (QED) is 0.857. The summed E-state index contributed by atoms with van der Waals surface area (Å²) in [6, 6.07) is 9.06. The zero-order valence-electron chi connectivity index (χ0n) is 10.9. The van der Waals surface area contributed by atoms with Gasteiger partial charge in [-0.1, -0.05) is 44.9 Å². The second-order valence-electron chi connectivity index (χ2n) is 5.26. The highest BCUT2D eigenvalue weighted by Crippen LogP contribution is 2.39. The molecule has 2 heteroatoms. The molecule has 0 fully saturated rings. The van der Waals surface area contributed by atoms with Crippen LogP contribution in [0.15, 0.2) is 29.2 Å². The molecule has 0 saturated heterocycles. The number of hydrogen-bond acceptors (Lipinski definition) is 2. The standard InChI is InChI=1S/C15H23NS/c1-3-6-11(2)9-13(16)15-10-12-7-4-5-8-14(12)17-15/h4-5,7-8,11,13,15H,3,6,9-10,16H2,1-2H3. The molecule has 0 spiro atoms. The molecule has 17 heavy (non-hydrogen) atoms. The SMILES string of the molecule is CCCC(C)CC(N)C1Cc2ccccc2S1. The lowest BCUT2D eigenvalue weighted by Gasteiger charge is -2.21. The Morgan fingerprint density at radius 2 is 2.18 bits per heavy atom. The second kappa shape index (κ2) is 5.92. The lowest BCUT2D eigenvalue weighted by molar-refractivity contribution is 0.426. The number of benzene rings is 1. The van der Waals surface area contributed by atoms with Crippen LogP contribution in [0.4, 0.5) is 0 Å². The van der Waals surface area contributed by atoms with Gasteiger partial charge in [-0.3, -0.25) is 0 Å². The molecule has 3 atom stereocenters. The van der Waals surface area contributed by atoms with E-state index in [1.807, 2.05) is 11.8 Å². The summed E-state index contributed by atoms with van der Waals surface area (Å²) in [6.07, 6.45) is 4.89. The van der Waals surface area contributed by atoms with Gasteiger partial charge in [-0.25, -0.2) is 0 Å². The molecule has 0 aliphatic carbocycles. The van der Waals surface area contributed by atoms with Gasteiger partial charge in [-0.05, 0) is 30.4 Å². The van der Waals surface area contributed by atoms with Crippen molar-refractivity contribution in [2.45, 2.75) is 55.7 Å². The van der Waals surface area contributed by atoms with Gasteiger partial charge < -0.3 is 5.73 Å². The van der Waals surface area contributed by atoms with Gasteiger partial charge in [0, 0.05) is 16.2 Å². The maximum atomic E-state index is 6.37. The normalized spacial score (nSPS) is 22.2. The first-order valence-electron chi connectivity index (χ1n) is 6.70. The summed E-state index contributed by atoms with van der Waals surface area (Å²) in [6.45, 7) is 4.58. The molecule has 0 bridgehead atoms. The summed E-state index contributed by atoms with van der Waals surface area (Å²) >= 11 is 1.98. The Morgan fingerprint density at radius 1 is 1.41 bits per heavy atom. The predicted octanol–water partition coefficient (Wildman–Crippen LogP) is 3.86. The predicted molar refractivity (Wildman–Crippen MR) is 76.5 cm³/mol. The van der Waals surface area contributed by atoms with Crippen LogP contribution < -0.4 is 5.73 Å². The zero-order valence-corrected chi connectivity index (χ0v) is 11.7. The highest BCUT2D eigenvalue weighted by Gasteiger charge is 2.27. The lowest BCUT2D eigenvalue weighted by atomic mass is 9.94. The molecule has 3 unspecified atom stereocenters. The Morgan fingerprint density at radius 3 is 2.88 bits per heavy atom. The van der Waals surface area contributed by atoms with Gasteiger partial charge in [0.2, 0.25) is 0 Å². The van der Waals surface area contributed by atoms with Crippen molar-refractivity contribution in [2.24, 2.45) is 11.7 Å². The molecule has 0 radical (unpaired) electrons. The van der Waals surface area contributed by atoms with E-state index in [9.17, 15) is 0 Å². The van der Waals surface area contributed by atoms with Crippen LogP contribution in [0.25, 0.3) is 0 Å². The van der Waals surface area contributed by atoms with Crippen LogP contribution in [-0.4, -0.2) is 11.3 Å². The molecular formula is C15H23NS. The largest absolute Gasteiger partial charge is 0.327 e. The molecule has 1 aliphatic heterocycles. The van der Waals surface area contributed by atoms with E-state index in [0.29, 0.717) is 11.3 Å². The van der Waals surface area contributed by atoms with Crippen molar-refractivity contribution >= 4 is 11.8 Å². The Bertz CT molecular complexity index is 339. The van der Waals surface area contributed by atoms with Crippen LogP contribution in [0.2, 0.25) is 0 Å². The Kier molecular flexibility index (Phi) is 4.52. The molecule has 2 N–H and O–H groups in total. The summed E-state index contributed by atoms with van der Waals surface area (Å²) in [5, 5.41) is 0.590. The van der Waals surface area contributed by atoms with Crippen LogP contribution in [0.3, 0.4) is 0 Å². The molecule has 0 amide bonds. The smallest absolute Gasteiger partial charge is 0.0287 e. The summed E-state index contributed by atoms with van der Waals surface area (Å²) in [5.74, 6) is 0.763. The highest BCUT2D eigenvalue weighted by atomic mass is 32.2. The number of rotatable bonds is 5. The summed E-state index contributed by atoms with van der Waals surface area (Å²) in [5.41, 5.74) is 7.86. The Balaban J connectivity index is 1.89. The third-order valence-electron chi connectivity index (χ3n) is 3.61. The molecule has 1 aromatic rings. The van der Waals surface area contributed by atoms with Crippen molar-refractivity contribution in [3.05, 3.63) is 29.8 Å². The van der Waals surface area contributed by atoms with Gasteiger partial charge in [0.05, 0.1) is 0 Å². The van der Waals surface area contributed by atoms with Crippen molar-refractivity contribution in [1.82, 2.24) is 0 Å². The fourth-order valence-corrected chi connectivity index (χ4v) is 4.01. The third kappa shape index (κ3) is 3.26. The van der Waals surface area contributed by atoms with E-state index in [2.05, 4.69) is 38.1 Å². The van der Waals surface area contributed by atoms with Gasteiger partial charge in [0.15, 0.2) is 0 Å². The first-order chi connectivity index (χ1) is 8.20. The molecule has 0 aromatic heterocycles. The van der Waals surface area contributed by atoms with Gasteiger partial charge in [0.1, 0.15) is 0 Å². The molecule has 0 saturated carbocycles. The van der Waals surface area contributed by atoms with Gasteiger partial charge >= 0.3 is 0 Å². The van der Waals surface area contributed by atoms with Gasteiger partial charge in [-0.2, -0.15) is 0 Å². The molecule has 1 heterocycles. The topological polar surface area (TPSA) is 26.0 Å². The van der Waals surface area contributed by atoms with E-state index in [0.717, 1.165) is 12.3 Å². The molecule has 1 aliphatic rings. The summed E-state index contributed by atoms with van der Waals surface area (Å²) in [7, 11) is 0.